The van der Waals surface area contributed by atoms with Crippen molar-refractivity contribution in [1.82, 2.24) is 9.80 Å². The van der Waals surface area contributed by atoms with E-state index in [4.69, 9.17) is 13.9 Å². The fourth-order valence-electron chi connectivity index (χ4n) is 3.86. The zero-order valence-electron chi connectivity index (χ0n) is 18.3. The fraction of sp³-hybridized carbons (Fsp3) is 0.391. The van der Waals surface area contributed by atoms with E-state index in [0.29, 0.717) is 30.3 Å². The van der Waals surface area contributed by atoms with E-state index in [1.54, 1.807) is 30.3 Å². The lowest BCUT2D eigenvalue weighted by atomic mass is 9.98. The summed E-state index contributed by atoms with van der Waals surface area (Å²) in [7, 11) is 2.91. The maximum Gasteiger partial charge on any atom is 0.295 e. The molecule has 0 radical (unpaired) electrons. The molecule has 1 saturated heterocycles. The zero-order chi connectivity index (χ0) is 22.5. The molecule has 2 heterocycles. The minimum absolute atomic E-state index is 0.0534. The molecule has 1 aliphatic heterocycles. The van der Waals surface area contributed by atoms with Crippen LogP contribution in [-0.4, -0.2) is 67.0 Å². The molecule has 0 bridgehead atoms. The average molecular weight is 428 g/mol. The van der Waals surface area contributed by atoms with Gasteiger partial charge >= 0.3 is 0 Å². The number of nitrogens with zero attached hydrogens (tertiary/aromatic N) is 2. The third kappa shape index (κ3) is 4.16. The van der Waals surface area contributed by atoms with Crippen LogP contribution in [0.2, 0.25) is 0 Å². The topological polar surface area (TPSA) is 92.5 Å². The third-order valence-electron chi connectivity index (χ3n) is 5.57. The number of amides is 1. The highest BCUT2D eigenvalue weighted by molar-refractivity contribution is 6.46. The van der Waals surface area contributed by atoms with Crippen LogP contribution >= 0.6 is 0 Å². The first-order valence-electron chi connectivity index (χ1n) is 10.2. The molecular weight excluding hydrogens is 400 g/mol. The zero-order valence-corrected chi connectivity index (χ0v) is 18.3. The Balaban J connectivity index is 2.14. The van der Waals surface area contributed by atoms with Gasteiger partial charge in [-0.25, -0.2) is 0 Å². The summed E-state index contributed by atoms with van der Waals surface area (Å²) in [6.45, 7) is 6.63. The number of hydrogen-bond acceptors (Lipinski definition) is 7. The van der Waals surface area contributed by atoms with Crippen LogP contribution in [0.3, 0.4) is 0 Å². The molecule has 3 rings (SSSR count). The van der Waals surface area contributed by atoms with Crippen LogP contribution in [0.25, 0.3) is 5.76 Å². The van der Waals surface area contributed by atoms with Crippen molar-refractivity contribution in [3.05, 3.63) is 53.5 Å². The van der Waals surface area contributed by atoms with Gasteiger partial charge in [0.15, 0.2) is 0 Å². The molecule has 1 aromatic carbocycles. The number of ketones is 1. The Kier molecular flexibility index (Phi) is 7.02. The van der Waals surface area contributed by atoms with E-state index in [-0.39, 0.29) is 16.9 Å². The maximum atomic E-state index is 13.1. The highest BCUT2D eigenvalue weighted by Crippen LogP contribution is 2.43. The van der Waals surface area contributed by atoms with Crippen LogP contribution < -0.4 is 9.47 Å². The second-order valence-electron chi connectivity index (χ2n) is 7.07. The Morgan fingerprint density at radius 3 is 2.26 bits per heavy atom. The SMILES string of the molecule is CCN(CC)CCN1C(=O)C(=O)/C(=C(/O)c2c(OC)cccc2OC)C1c1ccco1. The summed E-state index contributed by atoms with van der Waals surface area (Å²) < 4.78 is 16.3. The lowest BCUT2D eigenvalue weighted by Crippen LogP contribution is -2.37. The molecule has 1 N–H and O–H groups in total. The Morgan fingerprint density at radius 2 is 1.74 bits per heavy atom. The van der Waals surface area contributed by atoms with Gasteiger partial charge in [0, 0.05) is 13.1 Å². The maximum absolute atomic E-state index is 13.1. The number of ether oxygens (including phenoxy) is 2. The lowest BCUT2D eigenvalue weighted by molar-refractivity contribution is -0.140. The predicted molar refractivity (Wildman–Crippen MR) is 115 cm³/mol. The Labute approximate surface area is 181 Å². The van der Waals surface area contributed by atoms with Crippen molar-refractivity contribution in [1.29, 1.82) is 0 Å². The van der Waals surface area contributed by atoms with Crippen molar-refractivity contribution in [3.63, 3.8) is 0 Å². The molecule has 1 fully saturated rings. The minimum Gasteiger partial charge on any atom is -0.506 e. The first-order chi connectivity index (χ1) is 15.0. The molecule has 1 amide bonds. The number of hydrogen-bond donors (Lipinski definition) is 1. The van der Waals surface area contributed by atoms with Gasteiger partial charge in [0.05, 0.1) is 26.1 Å². The Hall–Kier alpha value is -3.26. The van der Waals surface area contributed by atoms with Crippen molar-refractivity contribution in [2.45, 2.75) is 19.9 Å². The number of aliphatic hydroxyl groups excluding tert-OH is 1. The van der Waals surface area contributed by atoms with Gasteiger partial charge in [-0.15, -0.1) is 0 Å². The van der Waals surface area contributed by atoms with Crippen LogP contribution in [-0.2, 0) is 9.59 Å². The van der Waals surface area contributed by atoms with Gasteiger partial charge in [0.2, 0.25) is 0 Å². The summed E-state index contributed by atoms with van der Waals surface area (Å²) >= 11 is 0. The van der Waals surface area contributed by atoms with Crippen molar-refractivity contribution in [2.24, 2.45) is 0 Å². The lowest BCUT2D eigenvalue weighted by Gasteiger charge is -2.26. The summed E-state index contributed by atoms with van der Waals surface area (Å²) in [4.78, 5) is 29.6. The summed E-state index contributed by atoms with van der Waals surface area (Å²) in [5.41, 5.74) is 0.160. The number of likely N-dealkylation sites (tertiary alicyclic amines) is 1. The van der Waals surface area contributed by atoms with Crippen LogP contribution in [0.5, 0.6) is 11.5 Å². The number of aliphatic hydroxyl groups is 1. The third-order valence-corrected chi connectivity index (χ3v) is 5.57. The largest absolute Gasteiger partial charge is 0.506 e. The predicted octanol–water partition coefficient (Wildman–Crippen LogP) is 3.06. The van der Waals surface area contributed by atoms with E-state index >= 15 is 0 Å². The quantitative estimate of drug-likeness (QED) is 0.373. The number of likely N-dealkylation sites (N-methyl/N-ethyl adjacent to an activating group) is 1. The Morgan fingerprint density at radius 1 is 1.10 bits per heavy atom. The summed E-state index contributed by atoms with van der Waals surface area (Å²) in [5, 5.41) is 11.3. The van der Waals surface area contributed by atoms with Gasteiger partial charge in [-0.2, -0.15) is 0 Å². The number of Topliss-reactive ketones (excluding diaryl/α,β-unsaturated/α-hetero) is 1. The molecule has 31 heavy (non-hydrogen) atoms. The van der Waals surface area contributed by atoms with Gasteiger partial charge in [-0.3, -0.25) is 9.59 Å². The first-order valence-corrected chi connectivity index (χ1v) is 10.2. The van der Waals surface area contributed by atoms with E-state index in [2.05, 4.69) is 4.90 Å². The second kappa shape index (κ2) is 9.70. The summed E-state index contributed by atoms with van der Waals surface area (Å²) in [5.74, 6) is -0.766. The van der Waals surface area contributed by atoms with Crippen molar-refractivity contribution < 1.29 is 28.6 Å². The molecule has 166 valence electrons. The van der Waals surface area contributed by atoms with Crippen LogP contribution in [0.15, 0.2) is 46.6 Å². The molecule has 0 spiro atoms. The average Bonchev–Trinajstić information content (AvgIpc) is 3.41. The number of methoxy groups -OCH3 is 2. The molecule has 1 atom stereocenters. The molecule has 1 unspecified atom stereocenters. The molecule has 0 saturated carbocycles. The molecule has 1 aromatic heterocycles. The normalized spacial score (nSPS) is 18.1. The van der Waals surface area contributed by atoms with Crippen LogP contribution in [0, 0.1) is 0 Å². The fourth-order valence-corrected chi connectivity index (χ4v) is 3.86. The van der Waals surface area contributed by atoms with Crippen molar-refractivity contribution in [2.75, 3.05) is 40.4 Å². The molecule has 1 aliphatic rings. The van der Waals surface area contributed by atoms with Gasteiger partial charge < -0.3 is 28.8 Å². The van der Waals surface area contributed by atoms with Crippen molar-refractivity contribution >= 4 is 17.4 Å². The van der Waals surface area contributed by atoms with E-state index in [0.717, 1.165) is 13.1 Å². The van der Waals surface area contributed by atoms with Crippen molar-refractivity contribution in [3.8, 4) is 11.5 Å². The number of furan rings is 1. The molecule has 8 nitrogen and oxygen atoms in total. The van der Waals surface area contributed by atoms with Gasteiger partial charge in [-0.1, -0.05) is 19.9 Å². The molecule has 8 heteroatoms. The molecular formula is C23H28N2O6. The number of carbonyl (C=O) groups is 2. The highest BCUT2D eigenvalue weighted by atomic mass is 16.5. The summed E-state index contributed by atoms with van der Waals surface area (Å²) in [6.07, 6.45) is 1.48. The van der Waals surface area contributed by atoms with E-state index in [9.17, 15) is 14.7 Å². The standard InChI is InChI=1S/C23H28N2O6/c1-5-24(6-2)12-13-25-20(17-11-8-14-31-17)19(22(27)23(25)28)21(26)18-15(29-3)9-7-10-16(18)30-4/h7-11,14,20,26H,5-6,12-13H2,1-4H3/b21-19+. The van der Waals surface area contributed by atoms with Gasteiger partial charge in [0.1, 0.15) is 34.6 Å². The Bertz CT molecular complexity index is 940. The smallest absolute Gasteiger partial charge is 0.295 e. The van der Waals surface area contributed by atoms with E-state index < -0.39 is 17.7 Å². The molecule has 2 aromatic rings. The van der Waals surface area contributed by atoms with E-state index in [1.807, 2.05) is 13.8 Å². The number of rotatable bonds is 9. The van der Waals surface area contributed by atoms with Gasteiger partial charge in [-0.05, 0) is 37.4 Å². The summed E-state index contributed by atoms with van der Waals surface area (Å²) in [6, 6.07) is 7.53. The van der Waals surface area contributed by atoms with E-state index in [1.165, 1.54) is 25.4 Å². The number of benzene rings is 1. The monoisotopic (exact) mass is 428 g/mol. The highest BCUT2D eigenvalue weighted by Gasteiger charge is 2.47. The number of carbonyl (C=O) groups excluding carboxylic acids is 2. The van der Waals surface area contributed by atoms with Crippen LogP contribution in [0.4, 0.5) is 0 Å². The second-order valence-corrected chi connectivity index (χ2v) is 7.07. The van der Waals surface area contributed by atoms with Gasteiger partial charge in [0.25, 0.3) is 11.7 Å². The molecule has 0 aliphatic carbocycles. The first kappa shape index (κ1) is 22.4. The minimum atomic E-state index is -0.847. The van der Waals surface area contributed by atoms with Crippen LogP contribution in [0.1, 0.15) is 31.2 Å².